The molecule has 2 N–H and O–H groups in total. The third-order valence-electron chi connectivity index (χ3n) is 2.64. The standard InChI is InChI=1S/C10H18N2O2S/c1-3-7(4-6(2)11)12-9(13)5-8(15)10(12)14/h6-8,15H,3-5,11H2,1-2H3. The molecule has 0 aliphatic carbocycles. The van der Waals surface area contributed by atoms with E-state index in [1.54, 1.807) is 0 Å². The Morgan fingerprint density at radius 1 is 1.60 bits per heavy atom. The first-order valence-corrected chi connectivity index (χ1v) is 5.78. The molecule has 0 bridgehead atoms. The summed E-state index contributed by atoms with van der Waals surface area (Å²) in [5.41, 5.74) is 5.69. The highest BCUT2D eigenvalue weighted by Crippen LogP contribution is 2.23. The van der Waals surface area contributed by atoms with Gasteiger partial charge in [-0.1, -0.05) is 6.92 Å². The Hall–Kier alpha value is -0.550. The van der Waals surface area contributed by atoms with Crippen LogP contribution in [0.15, 0.2) is 0 Å². The van der Waals surface area contributed by atoms with Crippen LogP contribution in [0.25, 0.3) is 0 Å². The SMILES string of the molecule is CCC(CC(C)N)N1C(=O)CC(S)C1=O. The van der Waals surface area contributed by atoms with Gasteiger partial charge in [0.25, 0.3) is 0 Å². The van der Waals surface area contributed by atoms with E-state index < -0.39 is 5.25 Å². The highest BCUT2D eigenvalue weighted by molar-refractivity contribution is 7.81. The summed E-state index contributed by atoms with van der Waals surface area (Å²) in [6.45, 7) is 3.84. The second-order valence-corrected chi connectivity index (χ2v) is 4.72. The van der Waals surface area contributed by atoms with Crippen molar-refractivity contribution in [3.8, 4) is 0 Å². The predicted octanol–water partition coefficient (Wildman–Crippen LogP) is 0.560. The van der Waals surface area contributed by atoms with Crippen molar-refractivity contribution in [2.75, 3.05) is 0 Å². The monoisotopic (exact) mass is 230 g/mol. The van der Waals surface area contributed by atoms with Crippen molar-refractivity contribution in [3.05, 3.63) is 0 Å². The Labute approximate surface area is 95.6 Å². The van der Waals surface area contributed by atoms with Crippen molar-refractivity contribution >= 4 is 24.4 Å². The number of amides is 2. The van der Waals surface area contributed by atoms with Crippen LogP contribution in [-0.4, -0.2) is 34.0 Å². The molecule has 0 spiro atoms. The lowest BCUT2D eigenvalue weighted by Crippen LogP contribution is -2.42. The highest BCUT2D eigenvalue weighted by Gasteiger charge is 2.39. The van der Waals surface area contributed by atoms with Crippen LogP contribution in [0.3, 0.4) is 0 Å². The van der Waals surface area contributed by atoms with Gasteiger partial charge >= 0.3 is 0 Å². The number of hydrogen-bond acceptors (Lipinski definition) is 4. The van der Waals surface area contributed by atoms with Gasteiger partial charge in [-0.2, -0.15) is 12.6 Å². The molecule has 15 heavy (non-hydrogen) atoms. The minimum Gasteiger partial charge on any atom is -0.328 e. The molecular formula is C10H18N2O2S. The van der Waals surface area contributed by atoms with Crippen LogP contribution in [0.4, 0.5) is 0 Å². The summed E-state index contributed by atoms with van der Waals surface area (Å²) in [5, 5.41) is -0.459. The first kappa shape index (κ1) is 12.5. The van der Waals surface area contributed by atoms with Crippen LogP contribution in [0.5, 0.6) is 0 Å². The van der Waals surface area contributed by atoms with E-state index in [1.807, 2.05) is 13.8 Å². The smallest absolute Gasteiger partial charge is 0.242 e. The fourth-order valence-electron chi connectivity index (χ4n) is 1.90. The maximum Gasteiger partial charge on any atom is 0.242 e. The number of rotatable bonds is 4. The third kappa shape index (κ3) is 2.72. The van der Waals surface area contributed by atoms with Crippen LogP contribution in [-0.2, 0) is 9.59 Å². The Morgan fingerprint density at radius 3 is 2.53 bits per heavy atom. The van der Waals surface area contributed by atoms with Gasteiger partial charge < -0.3 is 5.73 Å². The number of thiol groups is 1. The van der Waals surface area contributed by atoms with E-state index in [2.05, 4.69) is 12.6 Å². The molecule has 2 amide bonds. The van der Waals surface area contributed by atoms with Crippen LogP contribution in [0, 0.1) is 0 Å². The fourth-order valence-corrected chi connectivity index (χ4v) is 2.18. The molecule has 3 atom stereocenters. The number of imide groups is 1. The molecule has 4 nitrogen and oxygen atoms in total. The number of carbonyl (C=O) groups excluding carboxylic acids is 2. The molecular weight excluding hydrogens is 212 g/mol. The first-order chi connectivity index (χ1) is 6.97. The van der Waals surface area contributed by atoms with Gasteiger partial charge in [-0.05, 0) is 19.8 Å². The van der Waals surface area contributed by atoms with Crippen LogP contribution >= 0.6 is 12.6 Å². The lowest BCUT2D eigenvalue weighted by Gasteiger charge is -2.26. The van der Waals surface area contributed by atoms with Gasteiger partial charge in [0.2, 0.25) is 11.8 Å². The molecule has 0 saturated carbocycles. The molecule has 86 valence electrons. The molecule has 1 fully saturated rings. The summed E-state index contributed by atoms with van der Waals surface area (Å²) in [5.74, 6) is -0.289. The van der Waals surface area contributed by atoms with E-state index >= 15 is 0 Å². The molecule has 1 aliphatic rings. The maximum absolute atomic E-state index is 11.7. The lowest BCUT2D eigenvalue weighted by molar-refractivity contribution is -0.141. The number of nitrogens with two attached hydrogens (primary N) is 1. The summed E-state index contributed by atoms with van der Waals surface area (Å²) in [7, 11) is 0. The third-order valence-corrected chi connectivity index (χ3v) is 3.04. The van der Waals surface area contributed by atoms with E-state index in [0.717, 1.165) is 6.42 Å². The van der Waals surface area contributed by atoms with Gasteiger partial charge in [-0.3, -0.25) is 14.5 Å². The van der Waals surface area contributed by atoms with Crippen molar-refractivity contribution < 1.29 is 9.59 Å². The molecule has 5 heteroatoms. The van der Waals surface area contributed by atoms with Crippen molar-refractivity contribution in [3.63, 3.8) is 0 Å². The molecule has 0 aromatic heterocycles. The van der Waals surface area contributed by atoms with Gasteiger partial charge in [0.1, 0.15) is 0 Å². The van der Waals surface area contributed by atoms with E-state index in [1.165, 1.54) is 4.90 Å². The number of hydrogen-bond donors (Lipinski definition) is 2. The fraction of sp³-hybridized carbons (Fsp3) is 0.800. The van der Waals surface area contributed by atoms with Crippen molar-refractivity contribution in [2.45, 2.75) is 50.4 Å². The van der Waals surface area contributed by atoms with Crippen LogP contribution < -0.4 is 5.73 Å². The Balaban J connectivity index is 2.75. The van der Waals surface area contributed by atoms with Crippen LogP contribution in [0.2, 0.25) is 0 Å². The highest BCUT2D eigenvalue weighted by atomic mass is 32.1. The number of likely N-dealkylation sites (tertiary alicyclic amines) is 1. The zero-order chi connectivity index (χ0) is 11.6. The predicted molar refractivity (Wildman–Crippen MR) is 61.6 cm³/mol. The zero-order valence-corrected chi connectivity index (χ0v) is 10.0. The van der Waals surface area contributed by atoms with Crippen molar-refractivity contribution in [1.29, 1.82) is 0 Å². The summed E-state index contributed by atoms with van der Waals surface area (Å²) < 4.78 is 0. The van der Waals surface area contributed by atoms with Gasteiger partial charge in [0.05, 0.1) is 5.25 Å². The molecule has 1 saturated heterocycles. The van der Waals surface area contributed by atoms with Crippen molar-refractivity contribution in [1.82, 2.24) is 4.90 Å². The second-order valence-electron chi connectivity index (χ2n) is 4.10. The summed E-state index contributed by atoms with van der Waals surface area (Å²) in [4.78, 5) is 24.6. The largest absolute Gasteiger partial charge is 0.328 e. The minimum atomic E-state index is -0.459. The second kappa shape index (κ2) is 4.99. The normalized spacial score (nSPS) is 25.9. The summed E-state index contributed by atoms with van der Waals surface area (Å²) in [6, 6.07) is -0.0725. The molecule has 0 aromatic rings. The first-order valence-electron chi connectivity index (χ1n) is 5.26. The molecule has 0 radical (unpaired) electrons. The molecule has 0 aromatic carbocycles. The van der Waals surface area contributed by atoms with Gasteiger partial charge in [0, 0.05) is 18.5 Å². The summed E-state index contributed by atoms with van der Waals surface area (Å²) >= 11 is 4.09. The van der Waals surface area contributed by atoms with E-state index in [-0.39, 0.29) is 30.3 Å². The molecule has 1 heterocycles. The topological polar surface area (TPSA) is 63.4 Å². The van der Waals surface area contributed by atoms with Gasteiger partial charge in [-0.25, -0.2) is 0 Å². The Kier molecular flexibility index (Phi) is 4.16. The number of nitrogens with zero attached hydrogens (tertiary/aromatic N) is 1. The number of carbonyl (C=O) groups is 2. The molecule has 1 rings (SSSR count). The van der Waals surface area contributed by atoms with Crippen molar-refractivity contribution in [2.24, 2.45) is 5.73 Å². The van der Waals surface area contributed by atoms with Crippen LogP contribution in [0.1, 0.15) is 33.1 Å². The van der Waals surface area contributed by atoms with Gasteiger partial charge in [-0.15, -0.1) is 0 Å². The maximum atomic E-state index is 11.7. The minimum absolute atomic E-state index is 0.00508. The van der Waals surface area contributed by atoms with Gasteiger partial charge in [0.15, 0.2) is 0 Å². The Morgan fingerprint density at radius 2 is 2.20 bits per heavy atom. The zero-order valence-electron chi connectivity index (χ0n) is 9.14. The average Bonchev–Trinajstić information content (AvgIpc) is 2.38. The summed E-state index contributed by atoms with van der Waals surface area (Å²) in [6.07, 6.45) is 1.63. The van der Waals surface area contributed by atoms with E-state index in [0.29, 0.717) is 6.42 Å². The lowest BCUT2D eigenvalue weighted by atomic mass is 10.1. The average molecular weight is 230 g/mol. The Bertz CT molecular complexity index is 268. The molecule has 3 unspecified atom stereocenters. The van der Waals surface area contributed by atoms with E-state index in [9.17, 15) is 9.59 Å². The molecule has 1 aliphatic heterocycles. The quantitative estimate of drug-likeness (QED) is 0.548. The van der Waals surface area contributed by atoms with E-state index in [4.69, 9.17) is 5.73 Å².